The summed E-state index contributed by atoms with van der Waals surface area (Å²) in [7, 11) is 0. The molecule has 2 unspecified atom stereocenters. The van der Waals surface area contributed by atoms with Crippen molar-refractivity contribution >= 4 is 11.6 Å². The van der Waals surface area contributed by atoms with Gasteiger partial charge in [0.2, 0.25) is 0 Å². The zero-order valence-corrected chi connectivity index (χ0v) is 12.6. The van der Waals surface area contributed by atoms with E-state index >= 15 is 0 Å². The maximum Gasteiger partial charge on any atom is 0.272 e. The number of piperidine rings is 1. The molecule has 4 rings (SSSR count). The second kappa shape index (κ2) is 5.09. The molecule has 0 radical (unpaired) electrons. The molecule has 5 heteroatoms. The molecule has 1 aliphatic carbocycles. The molecule has 116 valence electrons. The van der Waals surface area contributed by atoms with Crippen molar-refractivity contribution in [2.45, 2.75) is 37.7 Å². The van der Waals surface area contributed by atoms with E-state index in [4.69, 9.17) is 0 Å². The number of nitrogens with zero attached hydrogens (tertiary/aromatic N) is 3. The van der Waals surface area contributed by atoms with E-state index < -0.39 is 5.60 Å². The van der Waals surface area contributed by atoms with E-state index in [-0.39, 0.29) is 11.8 Å². The molecule has 2 aliphatic rings. The van der Waals surface area contributed by atoms with Crippen LogP contribution < -0.4 is 0 Å². The van der Waals surface area contributed by atoms with E-state index in [0.717, 1.165) is 31.3 Å². The third kappa shape index (κ3) is 2.11. The molecule has 2 aromatic heterocycles. The van der Waals surface area contributed by atoms with Gasteiger partial charge in [-0.15, -0.1) is 0 Å². The van der Waals surface area contributed by atoms with Crippen LogP contribution in [0.15, 0.2) is 30.6 Å². The highest BCUT2D eigenvalue weighted by Gasteiger charge is 2.44. The molecule has 1 saturated heterocycles. The van der Waals surface area contributed by atoms with Gasteiger partial charge in [0.05, 0.1) is 11.8 Å². The monoisotopic (exact) mass is 299 g/mol. The molecule has 1 N–H and O–H groups in total. The van der Waals surface area contributed by atoms with Gasteiger partial charge in [0.15, 0.2) is 0 Å². The lowest BCUT2D eigenvalue weighted by molar-refractivity contribution is -0.0886. The number of imidazole rings is 1. The van der Waals surface area contributed by atoms with Crippen molar-refractivity contribution in [2.75, 3.05) is 13.1 Å². The number of rotatable bonds is 1. The van der Waals surface area contributed by atoms with Crippen LogP contribution in [0, 0.1) is 5.92 Å². The zero-order chi connectivity index (χ0) is 15.2. The summed E-state index contributed by atoms with van der Waals surface area (Å²) in [4.78, 5) is 19.0. The van der Waals surface area contributed by atoms with Gasteiger partial charge < -0.3 is 10.0 Å². The van der Waals surface area contributed by atoms with Crippen LogP contribution in [0.2, 0.25) is 0 Å². The van der Waals surface area contributed by atoms with Crippen molar-refractivity contribution in [3.8, 4) is 0 Å². The summed E-state index contributed by atoms with van der Waals surface area (Å²) >= 11 is 0. The minimum atomic E-state index is -0.547. The van der Waals surface area contributed by atoms with Crippen molar-refractivity contribution in [2.24, 2.45) is 5.92 Å². The van der Waals surface area contributed by atoms with Crippen LogP contribution in [0.4, 0.5) is 0 Å². The normalized spacial score (nSPS) is 28.6. The summed E-state index contributed by atoms with van der Waals surface area (Å²) in [5.41, 5.74) is 0.850. The summed E-state index contributed by atoms with van der Waals surface area (Å²) in [6.45, 7) is 1.29. The molecule has 22 heavy (non-hydrogen) atoms. The second-order valence-electron chi connectivity index (χ2n) is 6.62. The molecule has 2 fully saturated rings. The quantitative estimate of drug-likeness (QED) is 0.877. The number of carbonyl (C=O) groups is 1. The number of fused-ring (bicyclic) bond motifs is 2. The molecule has 3 heterocycles. The predicted molar refractivity (Wildman–Crippen MR) is 82.6 cm³/mol. The average Bonchev–Trinajstić information content (AvgIpc) is 2.97. The maximum atomic E-state index is 12.8. The number of aliphatic hydroxyl groups is 1. The van der Waals surface area contributed by atoms with Gasteiger partial charge >= 0.3 is 0 Å². The molecule has 0 bridgehead atoms. The fourth-order valence-electron chi connectivity index (χ4n) is 4.01. The van der Waals surface area contributed by atoms with Crippen LogP contribution in [0.1, 0.15) is 42.6 Å². The number of amides is 1. The first-order chi connectivity index (χ1) is 10.7. The smallest absolute Gasteiger partial charge is 0.272 e. The Morgan fingerprint density at radius 2 is 2.23 bits per heavy atom. The van der Waals surface area contributed by atoms with Crippen molar-refractivity contribution < 1.29 is 9.90 Å². The number of likely N-dealkylation sites (tertiary alicyclic amines) is 1. The lowest BCUT2D eigenvalue weighted by Crippen LogP contribution is -2.54. The summed E-state index contributed by atoms with van der Waals surface area (Å²) in [6, 6.07) is 5.72. The first-order valence-corrected chi connectivity index (χ1v) is 8.11. The third-order valence-electron chi connectivity index (χ3n) is 5.35. The molecule has 0 spiro atoms. The molecule has 2 atom stereocenters. The van der Waals surface area contributed by atoms with Gasteiger partial charge in [-0.1, -0.05) is 18.9 Å². The Bertz CT molecular complexity index is 711. The highest BCUT2D eigenvalue weighted by atomic mass is 16.3. The third-order valence-corrected chi connectivity index (χ3v) is 5.35. The van der Waals surface area contributed by atoms with E-state index in [9.17, 15) is 9.90 Å². The fraction of sp³-hybridized carbons (Fsp3) is 0.529. The van der Waals surface area contributed by atoms with Gasteiger partial charge in [0.1, 0.15) is 11.3 Å². The molecule has 5 nitrogen and oxygen atoms in total. The molecule has 1 amide bonds. The predicted octanol–water partition coefficient (Wildman–Crippen LogP) is 2.10. The van der Waals surface area contributed by atoms with Crippen LogP contribution in [-0.4, -0.2) is 44.0 Å². The van der Waals surface area contributed by atoms with E-state index in [1.165, 1.54) is 0 Å². The van der Waals surface area contributed by atoms with Crippen molar-refractivity contribution in [3.63, 3.8) is 0 Å². The average molecular weight is 299 g/mol. The lowest BCUT2D eigenvalue weighted by atomic mass is 9.71. The molecule has 0 aromatic carbocycles. The minimum Gasteiger partial charge on any atom is -0.389 e. The maximum absolute atomic E-state index is 12.8. The first-order valence-electron chi connectivity index (χ1n) is 8.11. The number of aromatic nitrogens is 2. The SMILES string of the molecule is O=C(c1cnc2ccccn12)N1CCC2(O)CCCCC2C1. The van der Waals surface area contributed by atoms with E-state index in [2.05, 4.69) is 4.98 Å². The van der Waals surface area contributed by atoms with E-state index in [0.29, 0.717) is 25.2 Å². The number of hydrogen-bond acceptors (Lipinski definition) is 3. The summed E-state index contributed by atoms with van der Waals surface area (Å²) in [5, 5.41) is 10.7. The number of hydrogen-bond donors (Lipinski definition) is 1. The van der Waals surface area contributed by atoms with Crippen LogP contribution in [0.25, 0.3) is 5.65 Å². The van der Waals surface area contributed by atoms with Gasteiger partial charge in [-0.25, -0.2) is 4.98 Å². The highest BCUT2D eigenvalue weighted by molar-refractivity contribution is 5.93. The molecule has 1 saturated carbocycles. The number of carbonyl (C=O) groups excluding carboxylic acids is 1. The van der Waals surface area contributed by atoms with Crippen molar-refractivity contribution in [1.29, 1.82) is 0 Å². The molecular formula is C17H21N3O2. The Hall–Kier alpha value is -1.88. The van der Waals surface area contributed by atoms with Crippen molar-refractivity contribution in [3.05, 3.63) is 36.3 Å². The van der Waals surface area contributed by atoms with Gasteiger partial charge in [0, 0.05) is 25.2 Å². The van der Waals surface area contributed by atoms with E-state index in [1.54, 1.807) is 6.20 Å². The van der Waals surface area contributed by atoms with Crippen LogP contribution in [0.3, 0.4) is 0 Å². The topological polar surface area (TPSA) is 57.8 Å². The summed E-state index contributed by atoms with van der Waals surface area (Å²) < 4.78 is 1.84. The second-order valence-corrected chi connectivity index (χ2v) is 6.62. The van der Waals surface area contributed by atoms with Crippen LogP contribution >= 0.6 is 0 Å². The van der Waals surface area contributed by atoms with Crippen LogP contribution in [-0.2, 0) is 0 Å². The Morgan fingerprint density at radius 1 is 1.32 bits per heavy atom. The first kappa shape index (κ1) is 13.8. The van der Waals surface area contributed by atoms with Gasteiger partial charge in [-0.3, -0.25) is 9.20 Å². The molecule has 1 aliphatic heterocycles. The van der Waals surface area contributed by atoms with Crippen molar-refractivity contribution in [1.82, 2.24) is 14.3 Å². The van der Waals surface area contributed by atoms with Crippen LogP contribution in [0.5, 0.6) is 0 Å². The lowest BCUT2D eigenvalue weighted by Gasteiger charge is -2.47. The Balaban J connectivity index is 1.59. The largest absolute Gasteiger partial charge is 0.389 e. The highest BCUT2D eigenvalue weighted by Crippen LogP contribution is 2.40. The summed E-state index contributed by atoms with van der Waals surface area (Å²) in [6.07, 6.45) is 8.39. The number of pyridine rings is 1. The Labute approximate surface area is 129 Å². The Kier molecular flexibility index (Phi) is 3.18. The van der Waals surface area contributed by atoms with Gasteiger partial charge in [-0.2, -0.15) is 0 Å². The van der Waals surface area contributed by atoms with E-state index in [1.807, 2.05) is 33.7 Å². The standard InChI is InChI=1S/C17H21N3O2/c21-16(14-11-18-15-6-2-4-9-20(14)15)19-10-8-17(22)7-3-1-5-13(17)12-19/h2,4,6,9,11,13,22H,1,3,5,7-8,10,12H2. The van der Waals surface area contributed by atoms with Gasteiger partial charge in [-0.05, 0) is 31.4 Å². The fourth-order valence-corrected chi connectivity index (χ4v) is 4.01. The Morgan fingerprint density at radius 3 is 3.14 bits per heavy atom. The molecule has 2 aromatic rings. The zero-order valence-electron chi connectivity index (χ0n) is 12.6. The molecular weight excluding hydrogens is 278 g/mol. The summed E-state index contributed by atoms with van der Waals surface area (Å²) in [5.74, 6) is 0.240. The van der Waals surface area contributed by atoms with Gasteiger partial charge in [0.25, 0.3) is 5.91 Å². The minimum absolute atomic E-state index is 0.0197.